The van der Waals surface area contributed by atoms with E-state index in [2.05, 4.69) is 4.98 Å². The van der Waals surface area contributed by atoms with E-state index in [9.17, 15) is 8.78 Å². The molecule has 3 nitrogen and oxygen atoms in total. The molecule has 1 aromatic heterocycles. The van der Waals surface area contributed by atoms with Crippen molar-refractivity contribution in [3.8, 4) is 0 Å². The molecule has 0 radical (unpaired) electrons. The monoisotopic (exact) mass is 284 g/mol. The topological polar surface area (TPSA) is 36.4 Å². The van der Waals surface area contributed by atoms with Crippen LogP contribution < -0.4 is 0 Å². The van der Waals surface area contributed by atoms with Crippen LogP contribution in [0, 0.1) is 0 Å². The highest BCUT2D eigenvalue weighted by Crippen LogP contribution is 2.18. The maximum absolute atomic E-state index is 12.3. The predicted molar refractivity (Wildman–Crippen MR) is 62.6 cm³/mol. The molecule has 0 atom stereocenters. The summed E-state index contributed by atoms with van der Waals surface area (Å²) >= 11 is 11.6. The molecule has 1 heterocycles. The molecular weight excluding hydrogens is 273 g/mol. The summed E-state index contributed by atoms with van der Waals surface area (Å²) < 4.78 is 24.6. The second-order valence-electron chi connectivity index (χ2n) is 3.41. The zero-order chi connectivity index (χ0) is 12.8. The summed E-state index contributed by atoms with van der Waals surface area (Å²) in [6, 6.07) is 3.09. The van der Waals surface area contributed by atoms with Gasteiger partial charge in [-0.1, -0.05) is 23.2 Å². The van der Waals surface area contributed by atoms with Crippen molar-refractivity contribution in [3.05, 3.63) is 28.0 Å². The fraction of sp³-hybridized carbons (Fsp3) is 0.500. The maximum atomic E-state index is 12.3. The van der Waals surface area contributed by atoms with Crippen molar-refractivity contribution in [1.29, 1.82) is 0 Å². The third kappa shape index (κ3) is 5.12. The Bertz CT molecular complexity index is 366. The van der Waals surface area contributed by atoms with Gasteiger partial charge < -0.3 is 5.11 Å². The molecule has 0 aliphatic heterocycles. The zero-order valence-corrected chi connectivity index (χ0v) is 10.4. The average molecular weight is 285 g/mol. The normalized spacial score (nSPS) is 11.5. The van der Waals surface area contributed by atoms with Crippen LogP contribution in [-0.4, -0.2) is 41.1 Å². The summed E-state index contributed by atoms with van der Waals surface area (Å²) in [5, 5.41) is 9.41. The minimum atomic E-state index is -2.47. The third-order valence-corrected chi connectivity index (χ3v) is 2.63. The van der Waals surface area contributed by atoms with Gasteiger partial charge in [0.2, 0.25) is 0 Å². The SMILES string of the molecule is OCCN(Cc1nc(Cl)ccc1Cl)CC(F)F. The number of rotatable bonds is 6. The van der Waals surface area contributed by atoms with E-state index in [4.69, 9.17) is 28.3 Å². The Balaban J connectivity index is 2.74. The molecule has 0 saturated heterocycles. The van der Waals surface area contributed by atoms with Crippen molar-refractivity contribution in [3.63, 3.8) is 0 Å². The van der Waals surface area contributed by atoms with Crippen LogP contribution in [0.2, 0.25) is 10.2 Å². The number of aliphatic hydroxyl groups excluding tert-OH is 1. The van der Waals surface area contributed by atoms with Gasteiger partial charge in [0.15, 0.2) is 0 Å². The van der Waals surface area contributed by atoms with Crippen molar-refractivity contribution in [2.24, 2.45) is 0 Å². The van der Waals surface area contributed by atoms with Crippen LogP contribution in [0.5, 0.6) is 0 Å². The van der Waals surface area contributed by atoms with E-state index in [1.165, 1.54) is 11.0 Å². The van der Waals surface area contributed by atoms with Crippen molar-refractivity contribution in [2.75, 3.05) is 19.7 Å². The first-order valence-corrected chi connectivity index (χ1v) is 5.70. The van der Waals surface area contributed by atoms with Crippen LogP contribution in [0.4, 0.5) is 8.78 Å². The van der Waals surface area contributed by atoms with E-state index in [-0.39, 0.29) is 24.8 Å². The Kier molecular flexibility index (Phi) is 6.05. The van der Waals surface area contributed by atoms with Crippen molar-refractivity contribution >= 4 is 23.2 Å². The second-order valence-corrected chi connectivity index (χ2v) is 4.21. The van der Waals surface area contributed by atoms with Gasteiger partial charge in [0, 0.05) is 13.1 Å². The van der Waals surface area contributed by atoms with Crippen LogP contribution in [-0.2, 0) is 6.54 Å². The molecule has 0 amide bonds. The standard InChI is InChI=1S/C10H12Cl2F2N2O/c11-7-1-2-9(12)15-8(7)5-16(3-4-17)6-10(13)14/h1-2,10,17H,3-6H2. The summed E-state index contributed by atoms with van der Waals surface area (Å²) in [6.45, 7) is -0.380. The van der Waals surface area contributed by atoms with Gasteiger partial charge >= 0.3 is 0 Å². The van der Waals surface area contributed by atoms with Crippen LogP contribution >= 0.6 is 23.2 Å². The molecule has 17 heavy (non-hydrogen) atoms. The minimum absolute atomic E-state index is 0.129. The Morgan fingerprint density at radius 2 is 2.06 bits per heavy atom. The maximum Gasteiger partial charge on any atom is 0.251 e. The molecule has 7 heteroatoms. The van der Waals surface area contributed by atoms with Crippen molar-refractivity contribution < 1.29 is 13.9 Å². The van der Waals surface area contributed by atoms with E-state index < -0.39 is 13.0 Å². The lowest BCUT2D eigenvalue weighted by atomic mass is 10.3. The van der Waals surface area contributed by atoms with Crippen LogP contribution in [0.3, 0.4) is 0 Å². The summed E-state index contributed by atoms with van der Waals surface area (Å²) in [4.78, 5) is 5.34. The first-order chi connectivity index (χ1) is 8.02. The Labute approximate surface area is 108 Å². The number of nitrogens with zero attached hydrogens (tertiary/aromatic N) is 2. The summed E-state index contributed by atoms with van der Waals surface area (Å²) in [5.74, 6) is 0. The molecule has 0 bridgehead atoms. The highest BCUT2D eigenvalue weighted by Gasteiger charge is 2.14. The number of hydrogen-bond acceptors (Lipinski definition) is 3. The lowest BCUT2D eigenvalue weighted by Crippen LogP contribution is -2.31. The summed E-state index contributed by atoms with van der Waals surface area (Å²) in [5.41, 5.74) is 0.424. The van der Waals surface area contributed by atoms with Gasteiger partial charge in [0.05, 0.1) is 23.9 Å². The molecule has 96 valence electrons. The molecule has 0 fully saturated rings. The van der Waals surface area contributed by atoms with Gasteiger partial charge in [0.1, 0.15) is 5.15 Å². The van der Waals surface area contributed by atoms with Crippen LogP contribution in [0.15, 0.2) is 12.1 Å². The molecular formula is C10H12Cl2F2N2O. The highest BCUT2D eigenvalue weighted by molar-refractivity contribution is 6.32. The number of pyridine rings is 1. The second kappa shape index (κ2) is 7.06. The van der Waals surface area contributed by atoms with Crippen molar-refractivity contribution in [2.45, 2.75) is 13.0 Å². The Hall–Kier alpha value is -0.490. The first-order valence-electron chi connectivity index (χ1n) is 4.95. The fourth-order valence-corrected chi connectivity index (χ4v) is 1.68. The largest absolute Gasteiger partial charge is 0.395 e. The Morgan fingerprint density at radius 1 is 1.35 bits per heavy atom. The van der Waals surface area contributed by atoms with Crippen LogP contribution in [0.1, 0.15) is 5.69 Å². The number of aromatic nitrogens is 1. The molecule has 1 N–H and O–H groups in total. The smallest absolute Gasteiger partial charge is 0.251 e. The zero-order valence-electron chi connectivity index (χ0n) is 8.91. The van der Waals surface area contributed by atoms with E-state index in [1.807, 2.05) is 0 Å². The molecule has 0 aliphatic carbocycles. The minimum Gasteiger partial charge on any atom is -0.395 e. The van der Waals surface area contributed by atoms with Crippen molar-refractivity contribution in [1.82, 2.24) is 9.88 Å². The van der Waals surface area contributed by atoms with E-state index in [0.29, 0.717) is 10.7 Å². The molecule has 1 rings (SSSR count). The number of alkyl halides is 2. The lowest BCUT2D eigenvalue weighted by molar-refractivity contribution is 0.0740. The third-order valence-electron chi connectivity index (χ3n) is 2.07. The van der Waals surface area contributed by atoms with Crippen LogP contribution in [0.25, 0.3) is 0 Å². The number of aliphatic hydroxyl groups is 1. The quantitative estimate of drug-likeness (QED) is 0.816. The van der Waals surface area contributed by atoms with Gasteiger partial charge in [-0.15, -0.1) is 0 Å². The fourth-order valence-electron chi connectivity index (χ4n) is 1.35. The Morgan fingerprint density at radius 3 is 2.65 bits per heavy atom. The average Bonchev–Trinajstić information content (AvgIpc) is 2.23. The number of halogens is 4. The van der Waals surface area contributed by atoms with Gasteiger partial charge in [-0.05, 0) is 12.1 Å². The highest BCUT2D eigenvalue weighted by atomic mass is 35.5. The molecule has 0 aliphatic rings. The van der Waals surface area contributed by atoms with E-state index in [0.717, 1.165) is 0 Å². The number of hydrogen-bond donors (Lipinski definition) is 1. The molecule has 1 aromatic rings. The predicted octanol–water partition coefficient (Wildman–Crippen LogP) is 2.45. The lowest BCUT2D eigenvalue weighted by Gasteiger charge is -2.20. The molecule has 0 spiro atoms. The van der Waals surface area contributed by atoms with E-state index >= 15 is 0 Å². The van der Waals surface area contributed by atoms with E-state index in [1.54, 1.807) is 6.07 Å². The van der Waals surface area contributed by atoms with Gasteiger partial charge in [0.25, 0.3) is 6.43 Å². The van der Waals surface area contributed by atoms with Gasteiger partial charge in [-0.3, -0.25) is 4.90 Å². The summed E-state index contributed by atoms with van der Waals surface area (Å²) in [7, 11) is 0. The first kappa shape index (κ1) is 14.6. The molecule has 0 aromatic carbocycles. The molecule has 0 saturated carbocycles. The summed E-state index contributed by atoms with van der Waals surface area (Å²) in [6.07, 6.45) is -2.47. The van der Waals surface area contributed by atoms with Gasteiger partial charge in [-0.25, -0.2) is 13.8 Å². The molecule has 0 unspecified atom stereocenters. The van der Waals surface area contributed by atoms with Gasteiger partial charge in [-0.2, -0.15) is 0 Å².